The fourth-order valence-corrected chi connectivity index (χ4v) is 2.19. The van der Waals surface area contributed by atoms with Crippen LogP contribution in [0.4, 0.5) is 5.69 Å². The average molecular weight is 220 g/mol. The van der Waals surface area contributed by atoms with E-state index in [9.17, 15) is 5.11 Å². The van der Waals surface area contributed by atoms with E-state index in [0.717, 1.165) is 36.8 Å². The highest BCUT2D eigenvalue weighted by Crippen LogP contribution is 2.24. The first-order chi connectivity index (χ1) is 7.65. The number of nitrogen functional groups attached to an aromatic ring is 1. The van der Waals surface area contributed by atoms with Crippen molar-refractivity contribution in [3.05, 3.63) is 23.8 Å². The van der Waals surface area contributed by atoms with E-state index in [1.807, 2.05) is 6.07 Å². The zero-order valence-electron chi connectivity index (χ0n) is 9.82. The van der Waals surface area contributed by atoms with Crippen LogP contribution in [-0.4, -0.2) is 23.1 Å². The summed E-state index contributed by atoms with van der Waals surface area (Å²) in [5.74, 6) is 1.19. The molecule has 16 heavy (non-hydrogen) atoms. The largest absolute Gasteiger partial charge is 0.508 e. The molecule has 0 bridgehead atoms. The summed E-state index contributed by atoms with van der Waals surface area (Å²) >= 11 is 0. The Balaban J connectivity index is 2.00. The maximum Gasteiger partial charge on any atom is 0.120 e. The number of phenolic OH excluding ortho intramolecular Hbond substituents is 1. The maximum absolute atomic E-state index is 9.74. The number of hydrogen-bond donors (Lipinski definition) is 2. The van der Waals surface area contributed by atoms with Crippen molar-refractivity contribution in [2.45, 2.75) is 26.3 Å². The third kappa shape index (κ3) is 2.67. The van der Waals surface area contributed by atoms with Gasteiger partial charge >= 0.3 is 0 Å². The molecule has 1 heterocycles. The van der Waals surface area contributed by atoms with E-state index in [0.29, 0.717) is 5.75 Å². The van der Waals surface area contributed by atoms with Gasteiger partial charge in [-0.15, -0.1) is 0 Å². The fraction of sp³-hybridized carbons (Fsp3) is 0.538. The van der Waals surface area contributed by atoms with Gasteiger partial charge < -0.3 is 10.8 Å². The second-order valence-electron chi connectivity index (χ2n) is 4.85. The van der Waals surface area contributed by atoms with Crippen LogP contribution in [0.1, 0.15) is 25.3 Å². The van der Waals surface area contributed by atoms with Crippen LogP contribution in [0.5, 0.6) is 5.75 Å². The van der Waals surface area contributed by atoms with Crippen molar-refractivity contribution in [1.82, 2.24) is 4.90 Å². The molecule has 0 aliphatic carbocycles. The zero-order chi connectivity index (χ0) is 11.5. The Bertz CT molecular complexity index is 357. The molecule has 1 aromatic carbocycles. The van der Waals surface area contributed by atoms with Crippen LogP contribution in [0.15, 0.2) is 18.2 Å². The molecule has 88 valence electrons. The molecule has 3 N–H and O–H groups in total. The summed E-state index contributed by atoms with van der Waals surface area (Å²) in [5.41, 5.74) is 7.38. The van der Waals surface area contributed by atoms with E-state index in [1.54, 1.807) is 12.1 Å². The third-order valence-electron chi connectivity index (χ3n) is 3.37. The first-order valence-corrected chi connectivity index (χ1v) is 5.95. The molecule has 1 aromatic rings. The van der Waals surface area contributed by atoms with Gasteiger partial charge in [0.15, 0.2) is 0 Å². The Morgan fingerprint density at radius 1 is 1.38 bits per heavy atom. The molecule has 0 spiro atoms. The van der Waals surface area contributed by atoms with Gasteiger partial charge in [0.05, 0.1) is 0 Å². The minimum atomic E-state index is 0.354. The Hall–Kier alpha value is -1.22. The van der Waals surface area contributed by atoms with Crippen molar-refractivity contribution in [2.24, 2.45) is 5.92 Å². The lowest BCUT2D eigenvalue weighted by Gasteiger charge is -2.30. The van der Waals surface area contributed by atoms with Crippen molar-refractivity contribution in [3.8, 4) is 5.75 Å². The van der Waals surface area contributed by atoms with Crippen LogP contribution < -0.4 is 5.73 Å². The van der Waals surface area contributed by atoms with Crippen LogP contribution in [0, 0.1) is 5.92 Å². The maximum atomic E-state index is 9.74. The molecule has 0 aromatic heterocycles. The number of piperidine rings is 1. The number of anilines is 1. The van der Waals surface area contributed by atoms with Crippen molar-refractivity contribution >= 4 is 5.69 Å². The van der Waals surface area contributed by atoms with Gasteiger partial charge in [-0.2, -0.15) is 0 Å². The van der Waals surface area contributed by atoms with Gasteiger partial charge in [-0.25, -0.2) is 0 Å². The van der Waals surface area contributed by atoms with Crippen LogP contribution >= 0.6 is 0 Å². The van der Waals surface area contributed by atoms with Crippen LogP contribution in [0.2, 0.25) is 0 Å². The van der Waals surface area contributed by atoms with Gasteiger partial charge in [0.25, 0.3) is 0 Å². The summed E-state index contributed by atoms with van der Waals surface area (Å²) in [7, 11) is 0. The number of rotatable bonds is 2. The molecule has 1 fully saturated rings. The van der Waals surface area contributed by atoms with E-state index in [-0.39, 0.29) is 0 Å². The Morgan fingerprint density at radius 2 is 2.06 bits per heavy atom. The normalized spacial score (nSPS) is 18.8. The van der Waals surface area contributed by atoms with Crippen LogP contribution in [0.25, 0.3) is 0 Å². The number of hydrogen-bond acceptors (Lipinski definition) is 3. The van der Waals surface area contributed by atoms with E-state index in [2.05, 4.69) is 11.8 Å². The number of phenols is 1. The first kappa shape index (κ1) is 11.3. The smallest absolute Gasteiger partial charge is 0.120 e. The molecule has 0 unspecified atom stereocenters. The Kier molecular flexibility index (Phi) is 3.34. The predicted octanol–water partition coefficient (Wildman–Crippen LogP) is 2.21. The van der Waals surface area contributed by atoms with E-state index in [1.165, 1.54) is 12.8 Å². The number of benzene rings is 1. The molecule has 0 saturated carbocycles. The molecule has 0 radical (unpaired) electrons. The van der Waals surface area contributed by atoms with E-state index >= 15 is 0 Å². The summed E-state index contributed by atoms with van der Waals surface area (Å²) in [6.45, 7) is 5.35. The monoisotopic (exact) mass is 220 g/mol. The minimum Gasteiger partial charge on any atom is -0.508 e. The molecule has 2 rings (SSSR count). The Morgan fingerprint density at radius 3 is 2.75 bits per heavy atom. The highest BCUT2D eigenvalue weighted by atomic mass is 16.3. The number of aromatic hydroxyl groups is 1. The average Bonchev–Trinajstić information content (AvgIpc) is 2.27. The molecule has 0 amide bonds. The molecule has 3 heteroatoms. The third-order valence-corrected chi connectivity index (χ3v) is 3.37. The van der Waals surface area contributed by atoms with Gasteiger partial charge in [-0.1, -0.05) is 6.92 Å². The molecule has 1 aliphatic heterocycles. The van der Waals surface area contributed by atoms with Crippen LogP contribution in [0.3, 0.4) is 0 Å². The lowest BCUT2D eigenvalue weighted by atomic mass is 9.99. The van der Waals surface area contributed by atoms with Crippen LogP contribution in [-0.2, 0) is 6.54 Å². The number of nitrogens with two attached hydrogens (primary N) is 1. The molecule has 1 saturated heterocycles. The fourth-order valence-electron chi connectivity index (χ4n) is 2.19. The van der Waals surface area contributed by atoms with Gasteiger partial charge in [-0.3, -0.25) is 4.90 Å². The summed E-state index contributed by atoms with van der Waals surface area (Å²) in [4.78, 5) is 2.38. The summed E-state index contributed by atoms with van der Waals surface area (Å²) in [6, 6.07) is 5.28. The standard InChI is InChI=1S/C13H20N2O/c1-10-4-6-15(7-5-10)9-11-8-12(14)2-3-13(11)16/h2-3,8,10,16H,4-7,9,14H2,1H3. The van der Waals surface area contributed by atoms with Gasteiger partial charge in [0, 0.05) is 17.8 Å². The quantitative estimate of drug-likeness (QED) is 0.593. The van der Waals surface area contributed by atoms with Gasteiger partial charge in [-0.05, 0) is 50.0 Å². The lowest BCUT2D eigenvalue weighted by Crippen LogP contribution is -2.32. The van der Waals surface area contributed by atoms with Crippen molar-refractivity contribution in [1.29, 1.82) is 0 Å². The number of likely N-dealkylation sites (tertiary alicyclic amines) is 1. The predicted molar refractivity (Wildman–Crippen MR) is 66.2 cm³/mol. The van der Waals surface area contributed by atoms with Crippen molar-refractivity contribution < 1.29 is 5.11 Å². The molecular weight excluding hydrogens is 200 g/mol. The SMILES string of the molecule is CC1CCN(Cc2cc(N)ccc2O)CC1. The molecule has 1 aliphatic rings. The lowest BCUT2D eigenvalue weighted by molar-refractivity contribution is 0.184. The first-order valence-electron chi connectivity index (χ1n) is 5.95. The van der Waals surface area contributed by atoms with Crippen molar-refractivity contribution in [2.75, 3.05) is 18.8 Å². The van der Waals surface area contributed by atoms with Gasteiger partial charge in [0.1, 0.15) is 5.75 Å². The van der Waals surface area contributed by atoms with E-state index < -0.39 is 0 Å². The summed E-state index contributed by atoms with van der Waals surface area (Å²) in [5, 5.41) is 9.74. The number of nitrogens with zero attached hydrogens (tertiary/aromatic N) is 1. The van der Waals surface area contributed by atoms with E-state index in [4.69, 9.17) is 5.73 Å². The Labute approximate surface area is 96.9 Å². The summed E-state index contributed by atoms with van der Waals surface area (Å²) in [6.07, 6.45) is 2.51. The van der Waals surface area contributed by atoms with Crippen molar-refractivity contribution in [3.63, 3.8) is 0 Å². The highest BCUT2D eigenvalue weighted by molar-refractivity contribution is 5.47. The molecule has 0 atom stereocenters. The zero-order valence-corrected chi connectivity index (χ0v) is 9.82. The second kappa shape index (κ2) is 4.74. The second-order valence-corrected chi connectivity index (χ2v) is 4.85. The molecule has 3 nitrogen and oxygen atoms in total. The van der Waals surface area contributed by atoms with Gasteiger partial charge in [0.2, 0.25) is 0 Å². The minimum absolute atomic E-state index is 0.354. The summed E-state index contributed by atoms with van der Waals surface area (Å²) < 4.78 is 0. The molecular formula is C13H20N2O. The topological polar surface area (TPSA) is 49.5 Å². The highest BCUT2D eigenvalue weighted by Gasteiger charge is 2.16.